The Hall–Kier alpha value is -4.38. The average molecular weight is 530 g/mol. The fourth-order valence-corrected chi connectivity index (χ4v) is 5.60. The van der Waals surface area contributed by atoms with Crippen molar-refractivity contribution in [1.82, 2.24) is 20.1 Å². The lowest BCUT2D eigenvalue weighted by Gasteiger charge is -2.39. The molecule has 0 aliphatic carbocycles. The van der Waals surface area contributed by atoms with Crippen molar-refractivity contribution in [3.63, 3.8) is 0 Å². The lowest BCUT2D eigenvalue weighted by atomic mass is 9.87. The summed E-state index contributed by atoms with van der Waals surface area (Å²) in [6.07, 6.45) is 4.64. The number of aromatic amines is 1. The smallest absolute Gasteiger partial charge is 0.320 e. The number of methoxy groups -OCH3 is 1. The van der Waals surface area contributed by atoms with Crippen LogP contribution in [-0.2, 0) is 11.3 Å². The Kier molecular flexibility index (Phi) is 6.65. The first kappa shape index (κ1) is 24.9. The number of ether oxygens (including phenoxy) is 1. The van der Waals surface area contributed by atoms with Crippen molar-refractivity contribution < 1.29 is 19.0 Å². The Balaban J connectivity index is 1.20. The number of hydrogen-bond acceptors (Lipinski definition) is 8. The van der Waals surface area contributed by atoms with Gasteiger partial charge in [0.2, 0.25) is 0 Å². The second kappa shape index (κ2) is 10.4. The van der Waals surface area contributed by atoms with Gasteiger partial charge in [-0.3, -0.25) is 19.8 Å². The summed E-state index contributed by atoms with van der Waals surface area (Å²) in [7, 11) is 1.49. The molecule has 2 aromatic carbocycles. The molecule has 39 heavy (non-hydrogen) atoms. The zero-order valence-corrected chi connectivity index (χ0v) is 21.4. The van der Waals surface area contributed by atoms with E-state index in [2.05, 4.69) is 25.5 Å². The van der Waals surface area contributed by atoms with E-state index in [1.165, 1.54) is 13.2 Å². The van der Waals surface area contributed by atoms with Crippen LogP contribution < -0.4 is 9.75 Å². The Morgan fingerprint density at radius 3 is 2.79 bits per heavy atom. The Bertz CT molecular complexity index is 1530. The van der Waals surface area contributed by atoms with Crippen LogP contribution in [-0.4, -0.2) is 63.4 Å². The van der Waals surface area contributed by atoms with Crippen LogP contribution in [0.2, 0.25) is 0 Å². The third kappa shape index (κ3) is 4.81. The highest BCUT2D eigenvalue weighted by molar-refractivity contribution is 5.94. The van der Waals surface area contributed by atoms with Gasteiger partial charge in [-0.05, 0) is 61.2 Å². The van der Waals surface area contributed by atoms with Gasteiger partial charge < -0.3 is 9.84 Å². The lowest BCUT2D eigenvalue weighted by Crippen LogP contribution is -2.50. The first-order valence-electron chi connectivity index (χ1n) is 12.9. The topological polar surface area (TPSA) is 119 Å². The summed E-state index contributed by atoms with van der Waals surface area (Å²) in [5.74, 6) is -0.823. The molecule has 3 atom stereocenters. The second-order valence-corrected chi connectivity index (χ2v) is 9.93. The first-order valence-corrected chi connectivity index (χ1v) is 12.9. The number of fused-ring (bicyclic) bond motifs is 1. The normalized spacial score (nSPS) is 21.5. The summed E-state index contributed by atoms with van der Waals surface area (Å²) >= 11 is 0. The number of piperidine rings is 1. The molecule has 2 aromatic heterocycles. The molecular formula is C28H28FN7O3. The van der Waals surface area contributed by atoms with Crippen LogP contribution in [0.1, 0.15) is 18.4 Å². The minimum Gasteiger partial charge on any atom is -0.496 e. The zero-order chi connectivity index (χ0) is 26.9. The van der Waals surface area contributed by atoms with Crippen molar-refractivity contribution in [3.8, 4) is 17.0 Å². The minimum absolute atomic E-state index is 0.0807. The number of carboxylic acid groups (broad SMARTS) is 1. The predicted octanol–water partition coefficient (Wildman–Crippen LogP) is 4.69. The average Bonchev–Trinajstić information content (AvgIpc) is 3.62. The van der Waals surface area contributed by atoms with Crippen LogP contribution in [0.4, 0.5) is 10.1 Å². The first-order chi connectivity index (χ1) is 19.0. The molecule has 4 heterocycles. The summed E-state index contributed by atoms with van der Waals surface area (Å²) in [6, 6.07) is 13.7. The highest BCUT2D eigenvalue weighted by atomic mass is 19.1. The van der Waals surface area contributed by atoms with E-state index in [1.807, 2.05) is 40.2 Å². The van der Waals surface area contributed by atoms with Crippen LogP contribution in [0.25, 0.3) is 22.2 Å². The van der Waals surface area contributed by atoms with Gasteiger partial charge in [-0.2, -0.15) is 10.2 Å². The van der Waals surface area contributed by atoms with E-state index in [-0.39, 0.29) is 18.5 Å². The van der Waals surface area contributed by atoms with E-state index in [4.69, 9.17) is 4.74 Å². The Morgan fingerprint density at radius 2 is 2.00 bits per heavy atom. The maximum atomic E-state index is 14.7. The minimum atomic E-state index is -0.906. The van der Waals surface area contributed by atoms with E-state index in [1.54, 1.807) is 24.5 Å². The number of nitrogens with one attached hydrogen (secondary N) is 1. The molecule has 4 aromatic rings. The number of halogens is 1. The number of rotatable bonds is 7. The molecule has 10 nitrogen and oxygen atoms in total. The number of likely N-dealkylation sites (tertiary alicyclic amines) is 1. The molecule has 1 saturated heterocycles. The van der Waals surface area contributed by atoms with Gasteiger partial charge in [0.05, 0.1) is 30.9 Å². The van der Waals surface area contributed by atoms with E-state index < -0.39 is 17.8 Å². The molecular weight excluding hydrogens is 501 g/mol. The van der Waals surface area contributed by atoms with Crippen LogP contribution in [0, 0.1) is 11.7 Å². The van der Waals surface area contributed by atoms with Gasteiger partial charge >= 0.3 is 5.97 Å². The quantitative estimate of drug-likeness (QED) is 0.356. The zero-order valence-electron chi connectivity index (χ0n) is 21.4. The molecule has 1 fully saturated rings. The number of hydrogen-bond donors (Lipinski definition) is 2. The summed E-state index contributed by atoms with van der Waals surface area (Å²) < 4.78 is 20.0. The van der Waals surface area contributed by atoms with Gasteiger partial charge in [0.25, 0.3) is 0 Å². The summed E-state index contributed by atoms with van der Waals surface area (Å²) in [5.41, 5.74) is 3.99. The number of benzene rings is 2. The highest BCUT2D eigenvalue weighted by Gasteiger charge is 2.39. The van der Waals surface area contributed by atoms with Gasteiger partial charge in [0.1, 0.15) is 23.3 Å². The molecule has 0 bridgehead atoms. The molecule has 11 heteroatoms. The van der Waals surface area contributed by atoms with Crippen molar-refractivity contribution in [1.29, 1.82) is 0 Å². The molecule has 6 rings (SSSR count). The number of aromatic nitrogens is 3. The van der Waals surface area contributed by atoms with Crippen LogP contribution in [0.3, 0.4) is 0 Å². The molecule has 1 unspecified atom stereocenters. The Morgan fingerprint density at radius 1 is 1.15 bits per heavy atom. The molecule has 0 amide bonds. The number of carboxylic acids is 1. The maximum Gasteiger partial charge on any atom is 0.320 e. The SMILES string of the molecule is COc1cccc(F)c1CN1C[C@H](C2CN(c3ccc4[nH]nc(-c5ccncc5)c4c3)N=N2)CC[C@H]1C(=O)O. The molecule has 2 N–H and O–H groups in total. The molecule has 0 spiro atoms. The number of anilines is 1. The molecule has 2 aliphatic rings. The summed E-state index contributed by atoms with van der Waals surface area (Å²) in [4.78, 5) is 18.0. The number of aliphatic carboxylic acids is 1. The molecule has 0 radical (unpaired) electrons. The van der Waals surface area contributed by atoms with Crippen molar-refractivity contribution >= 4 is 22.6 Å². The molecule has 2 aliphatic heterocycles. The standard InChI is InChI=1S/C28H28FN7O3/c1-39-26-4-2-3-22(29)21(26)15-35-14-18(5-8-25(35)28(37)38)24-16-36(34-32-24)19-6-7-23-20(13-19)27(33-31-23)17-9-11-30-12-10-17/h2-4,6-7,9-13,18,24-25H,5,8,14-16H2,1H3,(H,31,33)(H,37,38)/t18-,24?,25+/m1/s1. The third-order valence-corrected chi connectivity index (χ3v) is 7.67. The van der Waals surface area contributed by atoms with Gasteiger partial charge in [-0.15, -0.1) is 0 Å². The van der Waals surface area contributed by atoms with Crippen LogP contribution >= 0.6 is 0 Å². The van der Waals surface area contributed by atoms with Crippen LogP contribution in [0.5, 0.6) is 5.75 Å². The van der Waals surface area contributed by atoms with Crippen molar-refractivity contribution in [2.75, 3.05) is 25.2 Å². The van der Waals surface area contributed by atoms with Gasteiger partial charge in [0.15, 0.2) is 0 Å². The van der Waals surface area contributed by atoms with Crippen molar-refractivity contribution in [2.24, 2.45) is 16.3 Å². The largest absolute Gasteiger partial charge is 0.496 e. The highest BCUT2D eigenvalue weighted by Crippen LogP contribution is 2.35. The fourth-order valence-electron chi connectivity index (χ4n) is 5.60. The lowest BCUT2D eigenvalue weighted by molar-refractivity contribution is -0.145. The monoisotopic (exact) mass is 529 g/mol. The van der Waals surface area contributed by atoms with E-state index in [9.17, 15) is 14.3 Å². The van der Waals surface area contributed by atoms with E-state index in [0.29, 0.717) is 37.2 Å². The second-order valence-electron chi connectivity index (χ2n) is 9.93. The summed E-state index contributed by atoms with van der Waals surface area (Å²) in [6.45, 7) is 1.19. The van der Waals surface area contributed by atoms with Crippen molar-refractivity contribution in [2.45, 2.75) is 31.5 Å². The maximum absolute atomic E-state index is 14.7. The number of nitrogens with zero attached hydrogens (tertiary/aromatic N) is 6. The third-order valence-electron chi connectivity index (χ3n) is 7.67. The van der Waals surface area contributed by atoms with E-state index >= 15 is 0 Å². The number of H-pyrrole nitrogens is 1. The summed E-state index contributed by atoms with van der Waals surface area (Å²) in [5, 5.41) is 29.3. The Labute approximate surface area is 224 Å². The predicted molar refractivity (Wildman–Crippen MR) is 143 cm³/mol. The fraction of sp³-hybridized carbons (Fsp3) is 0.321. The molecule has 200 valence electrons. The van der Waals surface area contributed by atoms with Gasteiger partial charge in [-0.25, -0.2) is 9.40 Å². The van der Waals surface area contributed by atoms with Gasteiger partial charge in [0, 0.05) is 42.0 Å². The van der Waals surface area contributed by atoms with Gasteiger partial charge in [-0.1, -0.05) is 11.3 Å². The number of carbonyl (C=O) groups is 1. The van der Waals surface area contributed by atoms with E-state index in [0.717, 1.165) is 27.8 Å². The van der Waals surface area contributed by atoms with Crippen LogP contribution in [0.15, 0.2) is 71.3 Å². The molecule has 0 saturated carbocycles. The number of pyridine rings is 1. The van der Waals surface area contributed by atoms with Crippen molar-refractivity contribution in [3.05, 3.63) is 72.3 Å².